The van der Waals surface area contributed by atoms with Gasteiger partial charge in [0.05, 0.1) is 4.90 Å². The van der Waals surface area contributed by atoms with E-state index in [4.69, 9.17) is 4.52 Å². The first-order valence-electron chi connectivity index (χ1n) is 11.0. The van der Waals surface area contributed by atoms with Crippen LogP contribution in [0.4, 0.5) is 5.69 Å². The van der Waals surface area contributed by atoms with Crippen molar-refractivity contribution in [1.82, 2.24) is 14.0 Å². The molecular formula is C23H24N4O5S. The topological polar surface area (TPSA) is 106 Å². The normalized spacial score (nSPS) is 16.7. The first-order chi connectivity index (χ1) is 15.9. The van der Waals surface area contributed by atoms with Crippen molar-refractivity contribution in [1.29, 1.82) is 0 Å². The Bertz CT molecular complexity index is 1340. The highest BCUT2D eigenvalue weighted by Gasteiger charge is 2.30. The van der Waals surface area contributed by atoms with Gasteiger partial charge in [0.15, 0.2) is 5.82 Å². The van der Waals surface area contributed by atoms with Crippen molar-refractivity contribution >= 4 is 21.6 Å². The largest absolute Gasteiger partial charge is 0.442 e. The molecule has 172 valence electrons. The zero-order chi connectivity index (χ0) is 23.0. The molecule has 33 heavy (non-hydrogen) atoms. The molecule has 1 aromatic heterocycles. The van der Waals surface area contributed by atoms with Gasteiger partial charge in [-0.25, -0.2) is 17.8 Å². The molecule has 0 saturated carbocycles. The fraction of sp³-hybridized carbons (Fsp3) is 0.348. The molecule has 10 heteroatoms. The van der Waals surface area contributed by atoms with Crippen LogP contribution in [0.2, 0.25) is 0 Å². The van der Waals surface area contributed by atoms with Crippen molar-refractivity contribution in [3.05, 3.63) is 64.6 Å². The molecule has 1 saturated heterocycles. The van der Waals surface area contributed by atoms with Crippen LogP contribution in [0.15, 0.2) is 62.7 Å². The van der Waals surface area contributed by atoms with Crippen molar-refractivity contribution < 1.29 is 17.7 Å². The van der Waals surface area contributed by atoms with E-state index in [-0.39, 0.29) is 23.2 Å². The Hall–Kier alpha value is -3.24. The number of amides is 1. The van der Waals surface area contributed by atoms with E-state index in [2.05, 4.69) is 5.16 Å². The third kappa shape index (κ3) is 4.00. The average Bonchev–Trinajstić information content (AvgIpc) is 3.43. The summed E-state index contributed by atoms with van der Waals surface area (Å²) in [6, 6.07) is 14.0. The molecule has 0 atom stereocenters. The summed E-state index contributed by atoms with van der Waals surface area (Å²) in [4.78, 5) is 27.2. The van der Waals surface area contributed by atoms with Crippen LogP contribution in [0, 0.1) is 0 Å². The summed E-state index contributed by atoms with van der Waals surface area (Å²) in [5.41, 5.74) is 2.15. The Balaban J connectivity index is 1.38. The first kappa shape index (κ1) is 21.6. The number of benzene rings is 2. The van der Waals surface area contributed by atoms with Gasteiger partial charge in [0.2, 0.25) is 15.9 Å². The fourth-order valence-electron chi connectivity index (χ4n) is 4.48. The lowest BCUT2D eigenvalue weighted by Gasteiger charge is -2.26. The molecule has 5 rings (SSSR count). The summed E-state index contributed by atoms with van der Waals surface area (Å²) in [5, 5.41) is 3.83. The average molecular weight is 469 g/mol. The highest BCUT2D eigenvalue weighted by molar-refractivity contribution is 7.89. The summed E-state index contributed by atoms with van der Waals surface area (Å²) in [6.45, 7) is 1.28. The third-order valence-corrected chi connectivity index (χ3v) is 8.11. The number of sulfonamides is 1. The van der Waals surface area contributed by atoms with Crippen molar-refractivity contribution in [3.8, 4) is 11.4 Å². The van der Waals surface area contributed by atoms with Gasteiger partial charge in [0.1, 0.15) is 6.54 Å². The number of carbonyl (C=O) groups is 1. The van der Waals surface area contributed by atoms with Crippen LogP contribution in [0.5, 0.6) is 0 Å². The molecule has 0 bridgehead atoms. The Morgan fingerprint density at radius 3 is 2.52 bits per heavy atom. The number of hydrogen-bond donors (Lipinski definition) is 0. The predicted octanol–water partition coefficient (Wildman–Crippen LogP) is 2.27. The number of nitrogens with zero attached hydrogens (tertiary/aromatic N) is 4. The van der Waals surface area contributed by atoms with E-state index in [9.17, 15) is 18.0 Å². The molecular weight excluding hydrogens is 444 g/mol. The smallest absolute Gasteiger partial charge is 0.310 e. The SMILES string of the molecule is O=C(Cn1c(-c2ccccc2)noc1=O)N1CCc2cc(S(=O)(=O)N3CCCCC3)ccc21. The molecule has 0 radical (unpaired) electrons. The van der Waals surface area contributed by atoms with E-state index in [0.29, 0.717) is 37.3 Å². The number of aromatic nitrogens is 2. The molecule has 2 aliphatic heterocycles. The van der Waals surface area contributed by atoms with Crippen LogP contribution in [0.3, 0.4) is 0 Å². The quantitative estimate of drug-likeness (QED) is 0.569. The molecule has 1 fully saturated rings. The molecule has 1 amide bonds. The van der Waals surface area contributed by atoms with E-state index in [1.807, 2.05) is 18.2 Å². The van der Waals surface area contributed by atoms with Crippen molar-refractivity contribution in [2.24, 2.45) is 0 Å². The number of hydrogen-bond acceptors (Lipinski definition) is 6. The number of anilines is 1. The molecule has 2 aliphatic rings. The molecule has 0 unspecified atom stereocenters. The Morgan fingerprint density at radius 1 is 1.00 bits per heavy atom. The summed E-state index contributed by atoms with van der Waals surface area (Å²) < 4.78 is 33.6. The minimum atomic E-state index is -3.54. The molecule has 9 nitrogen and oxygen atoms in total. The van der Waals surface area contributed by atoms with Crippen molar-refractivity contribution in [2.45, 2.75) is 37.1 Å². The number of fused-ring (bicyclic) bond motifs is 1. The summed E-state index contributed by atoms with van der Waals surface area (Å²) in [5.74, 6) is -0.705. The Labute approximate surface area is 191 Å². The molecule has 3 heterocycles. The van der Waals surface area contributed by atoms with Gasteiger partial charge in [-0.1, -0.05) is 41.9 Å². The Morgan fingerprint density at radius 2 is 1.76 bits per heavy atom. The second-order valence-electron chi connectivity index (χ2n) is 8.27. The lowest BCUT2D eigenvalue weighted by atomic mass is 10.2. The number of rotatable bonds is 5. The van der Waals surface area contributed by atoms with Gasteiger partial charge in [-0.3, -0.25) is 9.32 Å². The summed E-state index contributed by atoms with van der Waals surface area (Å²) in [6.07, 6.45) is 3.35. The zero-order valence-electron chi connectivity index (χ0n) is 18.0. The van der Waals surface area contributed by atoms with E-state index in [1.165, 1.54) is 4.57 Å². The molecule has 0 N–H and O–H groups in total. The van der Waals surface area contributed by atoms with Crippen LogP contribution in [0.1, 0.15) is 24.8 Å². The lowest BCUT2D eigenvalue weighted by molar-refractivity contribution is -0.119. The number of piperidine rings is 1. The van der Waals surface area contributed by atoms with Crippen molar-refractivity contribution in [3.63, 3.8) is 0 Å². The maximum absolute atomic E-state index is 13.1. The minimum Gasteiger partial charge on any atom is -0.310 e. The van der Waals surface area contributed by atoms with Gasteiger partial charge in [0, 0.05) is 30.9 Å². The number of carbonyl (C=O) groups excluding carboxylic acids is 1. The second kappa shape index (κ2) is 8.60. The zero-order valence-corrected chi connectivity index (χ0v) is 18.8. The molecule has 2 aromatic carbocycles. The van der Waals surface area contributed by atoms with Gasteiger partial charge in [-0.15, -0.1) is 0 Å². The van der Waals surface area contributed by atoms with Crippen LogP contribution < -0.4 is 10.7 Å². The molecule has 0 aliphatic carbocycles. The predicted molar refractivity (Wildman–Crippen MR) is 121 cm³/mol. The fourth-order valence-corrected chi connectivity index (χ4v) is 6.04. The van der Waals surface area contributed by atoms with Gasteiger partial charge in [-0.05, 0) is 43.0 Å². The third-order valence-electron chi connectivity index (χ3n) is 6.21. The van der Waals surface area contributed by atoms with Crippen LogP contribution in [-0.2, 0) is 27.8 Å². The highest BCUT2D eigenvalue weighted by atomic mass is 32.2. The first-order valence-corrected chi connectivity index (χ1v) is 12.4. The van der Waals surface area contributed by atoms with E-state index < -0.39 is 15.8 Å². The van der Waals surface area contributed by atoms with Crippen molar-refractivity contribution in [2.75, 3.05) is 24.5 Å². The van der Waals surface area contributed by atoms with E-state index in [1.54, 1.807) is 39.5 Å². The standard InChI is InChI=1S/C23H24N4O5S/c28-21(16-27-22(24-32-23(27)29)17-7-3-1-4-8-17)26-14-11-18-15-19(9-10-20(18)26)33(30,31)25-12-5-2-6-13-25/h1,3-4,7-10,15H,2,5-6,11-14,16H2. The van der Waals surface area contributed by atoms with Gasteiger partial charge < -0.3 is 4.90 Å². The van der Waals surface area contributed by atoms with E-state index in [0.717, 1.165) is 24.8 Å². The maximum Gasteiger partial charge on any atom is 0.442 e. The van der Waals surface area contributed by atoms with Gasteiger partial charge in [-0.2, -0.15) is 4.31 Å². The van der Waals surface area contributed by atoms with Crippen LogP contribution in [-0.4, -0.2) is 48.0 Å². The Kier molecular flexibility index (Phi) is 5.63. The second-order valence-corrected chi connectivity index (χ2v) is 10.2. The molecule has 0 spiro atoms. The van der Waals surface area contributed by atoms with Gasteiger partial charge in [0.25, 0.3) is 0 Å². The maximum atomic E-state index is 13.1. The summed E-state index contributed by atoms with van der Waals surface area (Å²) in [7, 11) is -3.54. The van der Waals surface area contributed by atoms with Gasteiger partial charge >= 0.3 is 5.76 Å². The van der Waals surface area contributed by atoms with Crippen LogP contribution in [0.25, 0.3) is 11.4 Å². The monoisotopic (exact) mass is 468 g/mol. The minimum absolute atomic E-state index is 0.222. The molecule has 3 aromatic rings. The summed E-state index contributed by atoms with van der Waals surface area (Å²) >= 11 is 0. The van der Waals surface area contributed by atoms with E-state index >= 15 is 0 Å². The lowest BCUT2D eigenvalue weighted by Crippen LogP contribution is -2.35. The van der Waals surface area contributed by atoms with Crippen LogP contribution >= 0.6 is 0 Å². The highest BCUT2D eigenvalue weighted by Crippen LogP contribution is 2.32.